The third kappa shape index (κ3) is 5.89. The maximum atomic E-state index is 14.9. The minimum atomic E-state index is -5.66. The van der Waals surface area contributed by atoms with Gasteiger partial charge in [0.2, 0.25) is 5.82 Å². The first-order chi connectivity index (χ1) is 20.1. The molecule has 4 aromatic carbocycles. The molecule has 43 heavy (non-hydrogen) atoms. The highest BCUT2D eigenvalue weighted by Crippen LogP contribution is 2.70. The number of anilines is 3. The number of benzene rings is 4. The molecular weight excluding hydrogens is 609 g/mol. The minimum absolute atomic E-state index is 0.292. The Bertz CT molecular complexity index is 1580. The van der Waals surface area contributed by atoms with E-state index in [4.69, 9.17) is 3.63 Å². The Labute approximate surface area is 249 Å². The van der Waals surface area contributed by atoms with Crippen molar-refractivity contribution in [2.24, 2.45) is 0 Å². The highest BCUT2D eigenvalue weighted by atomic mass is 32.3. The van der Waals surface area contributed by atoms with Gasteiger partial charge in [-0.1, -0.05) is 0 Å². The third-order valence-corrected chi connectivity index (χ3v) is 11.9. The first-order valence-electron chi connectivity index (χ1n) is 12.7. The molecule has 0 unspecified atom stereocenters. The number of rotatable bonds is 9. The number of halogens is 5. The van der Waals surface area contributed by atoms with Crippen LogP contribution in [0.1, 0.15) is 0 Å². The van der Waals surface area contributed by atoms with E-state index in [-0.39, 0.29) is 0 Å². The molecule has 0 aromatic heterocycles. The second-order valence-corrected chi connectivity index (χ2v) is 14.5. The summed E-state index contributed by atoms with van der Waals surface area (Å²) in [6, 6.07) is 19.9. The molecule has 0 aliphatic rings. The zero-order valence-electron chi connectivity index (χ0n) is 24.2. The van der Waals surface area contributed by atoms with Crippen LogP contribution in [0.25, 0.3) is 0 Å². The van der Waals surface area contributed by atoms with E-state index in [1.807, 2.05) is 14.7 Å². The van der Waals surface area contributed by atoms with E-state index in [0.29, 0.717) is 14.7 Å². The Kier molecular flexibility index (Phi) is 9.00. The summed E-state index contributed by atoms with van der Waals surface area (Å²) in [6.07, 6.45) is 0. The molecule has 6 nitrogen and oxygen atoms in total. The third-order valence-electron chi connectivity index (χ3n) is 6.67. The van der Waals surface area contributed by atoms with Crippen molar-refractivity contribution < 1.29 is 34.0 Å². The van der Waals surface area contributed by atoms with Gasteiger partial charge in [-0.3, -0.25) is 0 Å². The smallest absolute Gasteiger partial charge is 0.313 e. The molecule has 0 aliphatic heterocycles. The summed E-state index contributed by atoms with van der Waals surface area (Å²) in [4.78, 5) is 4.24. The van der Waals surface area contributed by atoms with Gasteiger partial charge in [-0.15, -0.1) is 0 Å². The first kappa shape index (κ1) is 32.1. The lowest BCUT2D eigenvalue weighted by Crippen LogP contribution is -2.19. The summed E-state index contributed by atoms with van der Waals surface area (Å²) in [5, 5.41) is 0. The van der Waals surface area contributed by atoms with Crippen LogP contribution in [-0.2, 0) is 13.7 Å². The standard InChI is InChI=1S/C30H30F5N3O3S2/c1-36(2)19-7-13-22(14-8-19)42(23-15-9-20(10-16-23)37(3)4,24-17-11-21(12-18-24)38(5)6)41-43(39,40)30-28(34)26(32)25(31)27(33)29(30)35/h7-18H,1-6H3. The average Bonchev–Trinajstić information content (AvgIpc) is 2.98. The van der Waals surface area contributed by atoms with Crippen LogP contribution in [-0.4, -0.2) is 50.7 Å². The Morgan fingerprint density at radius 1 is 0.465 bits per heavy atom. The minimum Gasteiger partial charge on any atom is -0.378 e. The molecule has 0 bridgehead atoms. The highest BCUT2D eigenvalue weighted by Gasteiger charge is 2.42. The van der Waals surface area contributed by atoms with Crippen molar-refractivity contribution in [1.29, 1.82) is 0 Å². The zero-order chi connectivity index (χ0) is 31.9. The molecule has 0 amide bonds. The topological polar surface area (TPSA) is 53.1 Å². The highest BCUT2D eigenvalue weighted by molar-refractivity contribution is 8.33. The fraction of sp³-hybridized carbons (Fsp3) is 0.200. The summed E-state index contributed by atoms with van der Waals surface area (Å²) in [5.74, 6) is -12.3. The average molecular weight is 640 g/mol. The molecule has 4 rings (SSSR count). The van der Waals surface area contributed by atoms with E-state index in [0.717, 1.165) is 17.1 Å². The second-order valence-electron chi connectivity index (χ2n) is 10.1. The van der Waals surface area contributed by atoms with Gasteiger partial charge in [0.05, 0.1) is 0 Å². The normalized spacial score (nSPS) is 12.3. The summed E-state index contributed by atoms with van der Waals surface area (Å²) in [7, 11) is 1.72. The lowest BCUT2D eigenvalue weighted by Gasteiger charge is -2.40. The lowest BCUT2D eigenvalue weighted by atomic mass is 10.3. The molecule has 0 saturated carbocycles. The predicted molar refractivity (Wildman–Crippen MR) is 159 cm³/mol. The molecule has 230 valence electrons. The van der Waals surface area contributed by atoms with Crippen LogP contribution in [0.4, 0.5) is 39.0 Å². The second kappa shape index (κ2) is 12.1. The maximum Gasteiger partial charge on any atom is 0.313 e. The number of hydrogen-bond donors (Lipinski definition) is 0. The van der Waals surface area contributed by atoms with E-state index in [9.17, 15) is 30.4 Å². The van der Waals surface area contributed by atoms with Crippen molar-refractivity contribution in [3.63, 3.8) is 0 Å². The fourth-order valence-corrected chi connectivity index (χ4v) is 9.59. The van der Waals surface area contributed by atoms with Crippen LogP contribution in [0.3, 0.4) is 0 Å². The number of hydrogen-bond acceptors (Lipinski definition) is 6. The van der Waals surface area contributed by atoms with Crippen LogP contribution in [0, 0.1) is 29.1 Å². The van der Waals surface area contributed by atoms with Gasteiger partial charge in [-0.25, -0.2) is 25.6 Å². The Hall–Kier alpha value is -3.81. The van der Waals surface area contributed by atoms with Crippen molar-refractivity contribution in [2.45, 2.75) is 19.6 Å². The molecule has 0 radical (unpaired) electrons. The van der Waals surface area contributed by atoms with E-state index in [2.05, 4.69) is 0 Å². The van der Waals surface area contributed by atoms with Crippen LogP contribution in [0.2, 0.25) is 0 Å². The van der Waals surface area contributed by atoms with Gasteiger partial charge in [-0.2, -0.15) is 8.42 Å². The molecule has 0 atom stereocenters. The Morgan fingerprint density at radius 2 is 0.721 bits per heavy atom. The van der Waals surface area contributed by atoms with Crippen LogP contribution < -0.4 is 14.7 Å². The van der Waals surface area contributed by atoms with Gasteiger partial charge in [-0.05, 0) is 83.1 Å². The summed E-state index contributed by atoms with van der Waals surface area (Å²) >= 11 is 0. The monoisotopic (exact) mass is 639 g/mol. The van der Waals surface area contributed by atoms with Gasteiger partial charge in [0.15, 0.2) is 28.2 Å². The van der Waals surface area contributed by atoms with Crippen molar-refractivity contribution in [2.75, 3.05) is 57.0 Å². The maximum absolute atomic E-state index is 14.9. The lowest BCUT2D eigenvalue weighted by molar-refractivity contribution is 0.354. The van der Waals surface area contributed by atoms with Crippen molar-refractivity contribution in [3.8, 4) is 0 Å². The summed E-state index contributed by atoms with van der Waals surface area (Å²) in [5.41, 5.74) is 2.27. The van der Waals surface area contributed by atoms with Gasteiger partial charge >= 0.3 is 10.1 Å². The molecule has 0 spiro atoms. The van der Waals surface area contributed by atoms with Crippen LogP contribution >= 0.6 is 10.3 Å². The molecule has 0 heterocycles. The van der Waals surface area contributed by atoms with Gasteiger partial charge in [0.1, 0.15) is 0 Å². The van der Waals surface area contributed by atoms with Crippen molar-refractivity contribution in [3.05, 3.63) is 102 Å². The van der Waals surface area contributed by atoms with E-state index < -0.39 is 54.4 Å². The summed E-state index contributed by atoms with van der Waals surface area (Å²) < 4.78 is 106. The van der Waals surface area contributed by atoms with Gasteiger partial charge in [0.25, 0.3) is 0 Å². The van der Waals surface area contributed by atoms with E-state index in [1.54, 1.807) is 115 Å². The number of nitrogens with zero attached hydrogens (tertiary/aromatic N) is 3. The van der Waals surface area contributed by atoms with Gasteiger partial charge < -0.3 is 14.7 Å². The van der Waals surface area contributed by atoms with Crippen molar-refractivity contribution in [1.82, 2.24) is 0 Å². The molecule has 0 saturated heterocycles. The molecule has 4 aromatic rings. The predicted octanol–water partition coefficient (Wildman–Crippen LogP) is 7.18. The Morgan fingerprint density at radius 3 is 0.977 bits per heavy atom. The molecule has 0 fully saturated rings. The first-order valence-corrected chi connectivity index (χ1v) is 15.7. The zero-order valence-corrected chi connectivity index (χ0v) is 25.8. The quantitative estimate of drug-likeness (QED) is 0.110. The molecular formula is C30H30F5N3O3S2. The largest absolute Gasteiger partial charge is 0.378 e. The molecule has 0 N–H and O–H groups in total. The summed E-state index contributed by atoms with van der Waals surface area (Å²) in [6.45, 7) is 0. The van der Waals surface area contributed by atoms with Crippen molar-refractivity contribution >= 4 is 37.5 Å². The fourth-order valence-electron chi connectivity index (χ4n) is 4.31. The van der Waals surface area contributed by atoms with Crippen LogP contribution in [0.15, 0.2) is 92.4 Å². The van der Waals surface area contributed by atoms with E-state index >= 15 is 0 Å². The molecule has 0 aliphatic carbocycles. The van der Waals surface area contributed by atoms with E-state index in [1.165, 1.54) is 0 Å². The Balaban J connectivity index is 2.10. The van der Waals surface area contributed by atoms with Gasteiger partial charge in [0, 0.05) is 74.0 Å². The SMILES string of the molecule is CN(C)c1ccc(S(OS(=O)(=O)c2c(F)c(F)c(F)c(F)c2F)(c2ccc(N(C)C)cc2)c2ccc(N(C)C)cc2)cc1. The molecule has 13 heteroatoms. The van der Waals surface area contributed by atoms with Crippen LogP contribution in [0.5, 0.6) is 0 Å².